The van der Waals surface area contributed by atoms with E-state index in [-0.39, 0.29) is 5.54 Å². The molecule has 0 amide bonds. The van der Waals surface area contributed by atoms with Crippen LogP contribution in [-0.2, 0) is 6.54 Å². The van der Waals surface area contributed by atoms with Crippen molar-refractivity contribution in [1.29, 1.82) is 0 Å². The number of nitrogens with one attached hydrogen (secondary N) is 2. The predicted molar refractivity (Wildman–Crippen MR) is 106 cm³/mol. The van der Waals surface area contributed by atoms with Crippen LogP contribution in [0.5, 0.6) is 0 Å². The van der Waals surface area contributed by atoms with Crippen molar-refractivity contribution in [2.45, 2.75) is 24.9 Å². The summed E-state index contributed by atoms with van der Waals surface area (Å²) in [4.78, 5) is 7.34. The van der Waals surface area contributed by atoms with Crippen LogP contribution < -0.4 is 10.6 Å². The maximum absolute atomic E-state index is 5.98. The van der Waals surface area contributed by atoms with Crippen molar-refractivity contribution >= 4 is 28.8 Å². The van der Waals surface area contributed by atoms with Crippen molar-refractivity contribution in [3.8, 4) is 0 Å². The minimum absolute atomic E-state index is 0.104. The van der Waals surface area contributed by atoms with E-state index in [9.17, 15) is 0 Å². The van der Waals surface area contributed by atoms with Gasteiger partial charge in [-0.1, -0.05) is 35.9 Å². The van der Waals surface area contributed by atoms with Gasteiger partial charge in [0, 0.05) is 18.1 Å². The Bertz CT molecular complexity index is 777. The molecule has 2 aliphatic heterocycles. The molecule has 2 aromatic rings. The number of benzene rings is 2. The van der Waals surface area contributed by atoms with Crippen molar-refractivity contribution in [1.82, 2.24) is 4.90 Å². The summed E-state index contributed by atoms with van der Waals surface area (Å²) < 4.78 is 0. The molecule has 1 saturated heterocycles. The van der Waals surface area contributed by atoms with Crippen LogP contribution in [0.2, 0.25) is 5.02 Å². The number of nitrogens with zero attached hydrogens (tertiary/aromatic N) is 2. The van der Waals surface area contributed by atoms with E-state index in [0.29, 0.717) is 6.54 Å². The van der Waals surface area contributed by atoms with Crippen LogP contribution in [0.15, 0.2) is 53.5 Å². The maximum Gasteiger partial charge on any atom is 0.127 e. The SMILES string of the molecule is CN1CCC2(CC1)Nc1ccccc1NC2=NCc1ccc(Cl)cc1. The van der Waals surface area contributed by atoms with Gasteiger partial charge in [0.05, 0.1) is 23.5 Å². The highest BCUT2D eigenvalue weighted by molar-refractivity contribution is 6.30. The summed E-state index contributed by atoms with van der Waals surface area (Å²) in [6.45, 7) is 2.79. The van der Waals surface area contributed by atoms with E-state index in [2.05, 4.69) is 46.8 Å². The van der Waals surface area contributed by atoms with E-state index in [1.54, 1.807) is 0 Å². The average Bonchev–Trinajstić information content (AvgIpc) is 2.64. The van der Waals surface area contributed by atoms with Crippen LogP contribution in [0.25, 0.3) is 0 Å². The number of anilines is 2. The molecular weight excluding hydrogens is 332 g/mol. The van der Waals surface area contributed by atoms with Crippen LogP contribution >= 0.6 is 11.6 Å². The van der Waals surface area contributed by atoms with Crippen LogP contribution in [0, 0.1) is 0 Å². The molecule has 0 unspecified atom stereocenters. The topological polar surface area (TPSA) is 39.7 Å². The Kier molecular flexibility index (Phi) is 4.40. The summed E-state index contributed by atoms with van der Waals surface area (Å²) in [5, 5.41) is 8.14. The van der Waals surface area contributed by atoms with Gasteiger partial charge in [-0.05, 0) is 49.7 Å². The van der Waals surface area contributed by atoms with E-state index in [1.807, 2.05) is 24.3 Å². The Morgan fingerprint density at radius 3 is 2.44 bits per heavy atom. The summed E-state index contributed by atoms with van der Waals surface area (Å²) in [6.07, 6.45) is 2.09. The van der Waals surface area contributed by atoms with E-state index in [1.165, 1.54) is 5.56 Å². The molecule has 2 aliphatic rings. The number of hydrogen-bond acceptors (Lipinski definition) is 3. The highest BCUT2D eigenvalue weighted by atomic mass is 35.5. The molecule has 25 heavy (non-hydrogen) atoms. The van der Waals surface area contributed by atoms with Crippen LogP contribution in [0.3, 0.4) is 0 Å². The number of rotatable bonds is 2. The molecule has 0 aromatic heterocycles. The second kappa shape index (κ2) is 6.70. The molecule has 130 valence electrons. The van der Waals surface area contributed by atoms with Crippen molar-refractivity contribution < 1.29 is 0 Å². The van der Waals surface area contributed by atoms with Gasteiger partial charge in [-0.15, -0.1) is 0 Å². The zero-order chi connectivity index (χ0) is 17.3. The number of hydrogen-bond donors (Lipinski definition) is 2. The van der Waals surface area contributed by atoms with Crippen LogP contribution in [0.1, 0.15) is 18.4 Å². The van der Waals surface area contributed by atoms with Gasteiger partial charge in [-0.25, -0.2) is 0 Å². The number of aliphatic imine (C=N–C) groups is 1. The summed E-state index contributed by atoms with van der Waals surface area (Å²) >= 11 is 5.98. The van der Waals surface area contributed by atoms with Gasteiger partial charge >= 0.3 is 0 Å². The molecule has 2 aromatic carbocycles. The van der Waals surface area contributed by atoms with Gasteiger partial charge in [0.15, 0.2) is 0 Å². The molecule has 5 heteroatoms. The van der Waals surface area contributed by atoms with Crippen molar-refractivity contribution in [3.63, 3.8) is 0 Å². The molecule has 2 N–H and O–H groups in total. The minimum atomic E-state index is -0.104. The third-order valence-electron chi connectivity index (χ3n) is 5.18. The average molecular weight is 355 g/mol. The lowest BCUT2D eigenvalue weighted by atomic mass is 9.84. The first-order valence-corrected chi connectivity index (χ1v) is 9.15. The standard InChI is InChI=1S/C20H23ClN4/c1-25-12-10-20(11-13-25)19(22-14-15-6-8-16(21)9-7-15)23-17-4-2-3-5-18(17)24-20/h2-9,24H,10-14H2,1H3,(H,22,23). The fraction of sp³-hybridized carbons (Fsp3) is 0.350. The fourth-order valence-electron chi connectivity index (χ4n) is 3.58. The van der Waals surface area contributed by atoms with Gasteiger partial charge < -0.3 is 15.5 Å². The Morgan fingerprint density at radius 1 is 1.04 bits per heavy atom. The molecule has 4 rings (SSSR count). The molecule has 0 bridgehead atoms. The quantitative estimate of drug-likeness (QED) is 0.847. The monoisotopic (exact) mass is 354 g/mol. The second-order valence-electron chi connectivity index (χ2n) is 6.97. The largest absolute Gasteiger partial charge is 0.371 e. The van der Waals surface area contributed by atoms with Crippen molar-refractivity contribution in [2.75, 3.05) is 30.8 Å². The van der Waals surface area contributed by atoms with E-state index in [4.69, 9.17) is 16.6 Å². The van der Waals surface area contributed by atoms with Crippen LogP contribution in [-0.4, -0.2) is 36.4 Å². The van der Waals surface area contributed by atoms with Crippen molar-refractivity contribution in [3.05, 3.63) is 59.1 Å². The number of halogens is 1. The third-order valence-corrected chi connectivity index (χ3v) is 5.43. The van der Waals surface area contributed by atoms with E-state index in [0.717, 1.165) is 48.2 Å². The van der Waals surface area contributed by atoms with Gasteiger partial charge in [0.1, 0.15) is 5.84 Å². The fourth-order valence-corrected chi connectivity index (χ4v) is 3.70. The first-order valence-electron chi connectivity index (χ1n) is 8.77. The smallest absolute Gasteiger partial charge is 0.127 e. The molecule has 0 radical (unpaired) electrons. The highest BCUT2D eigenvalue weighted by Crippen LogP contribution is 2.36. The molecule has 4 nitrogen and oxygen atoms in total. The number of fused-ring (bicyclic) bond motifs is 1. The van der Waals surface area contributed by atoms with Crippen LogP contribution in [0.4, 0.5) is 11.4 Å². The predicted octanol–water partition coefficient (Wildman–Crippen LogP) is 4.24. The molecule has 0 aliphatic carbocycles. The Labute approximate surface area is 153 Å². The minimum Gasteiger partial charge on any atom is -0.371 e. The summed E-state index contributed by atoms with van der Waals surface area (Å²) in [6, 6.07) is 16.3. The van der Waals surface area contributed by atoms with Crippen molar-refractivity contribution in [2.24, 2.45) is 4.99 Å². The van der Waals surface area contributed by atoms with E-state index >= 15 is 0 Å². The Hall–Kier alpha value is -2.04. The van der Waals surface area contributed by atoms with Gasteiger partial charge in [-0.2, -0.15) is 0 Å². The lowest BCUT2D eigenvalue weighted by molar-refractivity contribution is 0.240. The van der Waals surface area contributed by atoms with E-state index < -0.39 is 0 Å². The molecular formula is C20H23ClN4. The zero-order valence-electron chi connectivity index (χ0n) is 14.4. The van der Waals surface area contributed by atoms with Gasteiger partial charge in [0.2, 0.25) is 0 Å². The number of para-hydroxylation sites is 2. The molecule has 0 atom stereocenters. The lowest BCUT2D eigenvalue weighted by Crippen LogP contribution is -2.58. The summed E-state index contributed by atoms with van der Waals surface area (Å²) in [5.74, 6) is 1.05. The number of likely N-dealkylation sites (tertiary alicyclic amines) is 1. The highest BCUT2D eigenvalue weighted by Gasteiger charge is 2.41. The third kappa shape index (κ3) is 3.37. The Balaban J connectivity index is 1.64. The molecule has 0 saturated carbocycles. The molecule has 2 heterocycles. The molecule has 1 spiro atoms. The second-order valence-corrected chi connectivity index (χ2v) is 7.41. The van der Waals surface area contributed by atoms with Gasteiger partial charge in [-0.3, -0.25) is 4.99 Å². The maximum atomic E-state index is 5.98. The van der Waals surface area contributed by atoms with Gasteiger partial charge in [0.25, 0.3) is 0 Å². The summed E-state index contributed by atoms with van der Waals surface area (Å²) in [7, 11) is 2.18. The normalized spacial score (nSPS) is 20.8. The number of amidine groups is 1. The lowest BCUT2D eigenvalue weighted by Gasteiger charge is -2.46. The Morgan fingerprint density at radius 2 is 1.72 bits per heavy atom. The first kappa shape index (κ1) is 16.4. The molecule has 1 fully saturated rings. The summed E-state index contributed by atoms with van der Waals surface area (Å²) in [5.41, 5.74) is 3.33. The zero-order valence-corrected chi connectivity index (χ0v) is 15.2. The number of piperidine rings is 1. The first-order chi connectivity index (χ1) is 12.1.